The van der Waals surface area contributed by atoms with Gasteiger partial charge >= 0.3 is 0 Å². The van der Waals surface area contributed by atoms with Crippen LogP contribution in [0.15, 0.2) is 24.5 Å². The molecule has 2 unspecified atom stereocenters. The highest BCUT2D eigenvalue weighted by Crippen LogP contribution is 2.25. The predicted octanol–water partition coefficient (Wildman–Crippen LogP) is 0.679. The number of pyridine rings is 1. The van der Waals surface area contributed by atoms with E-state index < -0.39 is 6.10 Å². The van der Waals surface area contributed by atoms with E-state index in [0.717, 1.165) is 5.56 Å². The molecule has 0 aromatic carbocycles. The molecule has 13 heavy (non-hydrogen) atoms. The first kappa shape index (κ1) is 10.2. The molecule has 0 aliphatic heterocycles. The van der Waals surface area contributed by atoms with Crippen LogP contribution in [0.4, 0.5) is 0 Å². The Labute approximate surface area is 78.6 Å². The Morgan fingerprint density at radius 1 is 1.54 bits per heavy atom. The van der Waals surface area contributed by atoms with Crippen molar-refractivity contribution in [2.75, 3.05) is 6.54 Å². The zero-order chi connectivity index (χ0) is 9.90. The number of hydrogen-bond acceptors (Lipinski definition) is 3. The maximum Gasteiger partial charge on any atom is 0.0618 e. The molecule has 0 aliphatic rings. The molecule has 0 spiro atoms. The standard InChI is InChI=1S/C10H16N2O/c1-8(13)10(2,7-11)9-3-5-12-6-4-9/h3-6,8,13H,7,11H2,1-2H3. The van der Waals surface area contributed by atoms with E-state index in [4.69, 9.17) is 5.73 Å². The molecule has 0 amide bonds. The Bertz CT molecular complexity index is 261. The molecule has 3 heteroatoms. The average molecular weight is 180 g/mol. The number of nitrogens with zero attached hydrogens (tertiary/aromatic N) is 1. The van der Waals surface area contributed by atoms with Gasteiger partial charge in [0.1, 0.15) is 0 Å². The number of nitrogens with two attached hydrogens (primary N) is 1. The third kappa shape index (κ3) is 1.87. The van der Waals surface area contributed by atoms with Gasteiger partial charge in [0.25, 0.3) is 0 Å². The molecule has 72 valence electrons. The van der Waals surface area contributed by atoms with Gasteiger partial charge < -0.3 is 10.8 Å². The molecule has 3 N–H and O–H groups in total. The summed E-state index contributed by atoms with van der Waals surface area (Å²) in [7, 11) is 0. The molecule has 0 bridgehead atoms. The van der Waals surface area contributed by atoms with Crippen molar-refractivity contribution in [1.82, 2.24) is 4.98 Å². The van der Waals surface area contributed by atoms with Gasteiger partial charge in [0.2, 0.25) is 0 Å². The van der Waals surface area contributed by atoms with Crippen molar-refractivity contribution >= 4 is 0 Å². The highest BCUT2D eigenvalue weighted by Gasteiger charge is 2.30. The Balaban J connectivity index is 3.03. The van der Waals surface area contributed by atoms with Gasteiger partial charge in [-0.1, -0.05) is 6.92 Å². The zero-order valence-electron chi connectivity index (χ0n) is 8.07. The molecule has 1 aromatic rings. The average Bonchev–Trinajstić information content (AvgIpc) is 2.17. The van der Waals surface area contributed by atoms with Gasteiger partial charge in [-0.2, -0.15) is 0 Å². The molecule has 3 nitrogen and oxygen atoms in total. The molecule has 2 atom stereocenters. The highest BCUT2D eigenvalue weighted by molar-refractivity contribution is 5.23. The topological polar surface area (TPSA) is 59.1 Å². The van der Waals surface area contributed by atoms with Crippen LogP contribution in [0.1, 0.15) is 19.4 Å². The zero-order valence-corrected chi connectivity index (χ0v) is 8.07. The van der Waals surface area contributed by atoms with Crippen LogP contribution >= 0.6 is 0 Å². The normalized spacial score (nSPS) is 17.8. The number of rotatable bonds is 3. The van der Waals surface area contributed by atoms with Crippen LogP contribution in [-0.2, 0) is 5.41 Å². The second-order valence-corrected chi connectivity index (χ2v) is 3.53. The molecule has 0 saturated carbocycles. The molecule has 1 rings (SSSR count). The fraction of sp³-hybridized carbons (Fsp3) is 0.500. The summed E-state index contributed by atoms with van der Waals surface area (Å²) in [6.45, 7) is 4.13. The van der Waals surface area contributed by atoms with Gasteiger partial charge in [0, 0.05) is 24.4 Å². The first-order valence-corrected chi connectivity index (χ1v) is 4.40. The van der Waals surface area contributed by atoms with Crippen LogP contribution in [0.3, 0.4) is 0 Å². The summed E-state index contributed by atoms with van der Waals surface area (Å²) >= 11 is 0. The third-order valence-corrected chi connectivity index (χ3v) is 2.69. The second kappa shape index (κ2) is 3.85. The minimum absolute atomic E-state index is 0.372. The summed E-state index contributed by atoms with van der Waals surface area (Å²) in [6, 6.07) is 3.78. The monoisotopic (exact) mass is 180 g/mol. The largest absolute Gasteiger partial charge is 0.392 e. The minimum Gasteiger partial charge on any atom is -0.392 e. The van der Waals surface area contributed by atoms with Crippen LogP contribution < -0.4 is 5.73 Å². The maximum absolute atomic E-state index is 9.62. The van der Waals surface area contributed by atoms with E-state index in [1.807, 2.05) is 19.1 Å². The first-order valence-electron chi connectivity index (χ1n) is 4.40. The third-order valence-electron chi connectivity index (χ3n) is 2.69. The Morgan fingerprint density at radius 3 is 2.46 bits per heavy atom. The van der Waals surface area contributed by atoms with E-state index in [0.29, 0.717) is 6.54 Å². The van der Waals surface area contributed by atoms with E-state index in [9.17, 15) is 5.11 Å². The summed E-state index contributed by atoms with van der Waals surface area (Å²) in [5.41, 5.74) is 6.32. The van der Waals surface area contributed by atoms with Crippen molar-refractivity contribution in [2.24, 2.45) is 5.73 Å². The van der Waals surface area contributed by atoms with E-state index in [1.165, 1.54) is 0 Å². The lowest BCUT2D eigenvalue weighted by Gasteiger charge is -2.31. The lowest BCUT2D eigenvalue weighted by Crippen LogP contribution is -2.41. The lowest BCUT2D eigenvalue weighted by atomic mass is 9.78. The van der Waals surface area contributed by atoms with E-state index in [-0.39, 0.29) is 5.41 Å². The molecule has 0 fully saturated rings. The smallest absolute Gasteiger partial charge is 0.0618 e. The number of aliphatic hydroxyl groups excluding tert-OH is 1. The Morgan fingerprint density at radius 2 is 2.08 bits per heavy atom. The lowest BCUT2D eigenvalue weighted by molar-refractivity contribution is 0.111. The van der Waals surface area contributed by atoms with Gasteiger partial charge in [-0.15, -0.1) is 0 Å². The van der Waals surface area contributed by atoms with Crippen molar-refractivity contribution in [2.45, 2.75) is 25.4 Å². The fourth-order valence-electron chi connectivity index (χ4n) is 1.26. The molecule has 1 heterocycles. The van der Waals surface area contributed by atoms with Crippen molar-refractivity contribution in [3.05, 3.63) is 30.1 Å². The minimum atomic E-state index is -0.458. The molecular formula is C10H16N2O. The van der Waals surface area contributed by atoms with Crippen molar-refractivity contribution in [3.8, 4) is 0 Å². The summed E-state index contributed by atoms with van der Waals surface area (Å²) < 4.78 is 0. The van der Waals surface area contributed by atoms with Crippen molar-refractivity contribution in [1.29, 1.82) is 0 Å². The van der Waals surface area contributed by atoms with Gasteiger partial charge in [0.05, 0.1) is 6.10 Å². The summed E-state index contributed by atoms with van der Waals surface area (Å²) in [4.78, 5) is 3.93. The van der Waals surface area contributed by atoms with Crippen molar-refractivity contribution in [3.63, 3.8) is 0 Å². The number of aromatic nitrogens is 1. The Kier molecular flexibility index (Phi) is 3.01. The SMILES string of the molecule is CC(O)C(C)(CN)c1ccncc1. The van der Waals surface area contributed by atoms with Crippen LogP contribution in [0.2, 0.25) is 0 Å². The second-order valence-electron chi connectivity index (χ2n) is 3.53. The van der Waals surface area contributed by atoms with E-state index >= 15 is 0 Å². The summed E-state index contributed by atoms with van der Waals surface area (Å²) in [5, 5.41) is 9.62. The van der Waals surface area contributed by atoms with Crippen LogP contribution in [0.5, 0.6) is 0 Å². The van der Waals surface area contributed by atoms with Gasteiger partial charge in [-0.05, 0) is 24.6 Å². The maximum atomic E-state index is 9.62. The number of hydrogen-bond donors (Lipinski definition) is 2. The molecular weight excluding hydrogens is 164 g/mol. The summed E-state index contributed by atoms with van der Waals surface area (Å²) in [5.74, 6) is 0. The van der Waals surface area contributed by atoms with Crippen LogP contribution in [-0.4, -0.2) is 22.7 Å². The first-order chi connectivity index (χ1) is 6.11. The number of aliphatic hydroxyl groups is 1. The highest BCUT2D eigenvalue weighted by atomic mass is 16.3. The predicted molar refractivity (Wildman–Crippen MR) is 52.3 cm³/mol. The molecule has 1 aromatic heterocycles. The van der Waals surface area contributed by atoms with E-state index in [1.54, 1.807) is 19.3 Å². The van der Waals surface area contributed by atoms with Crippen LogP contribution in [0, 0.1) is 0 Å². The van der Waals surface area contributed by atoms with Gasteiger partial charge in [0.15, 0.2) is 0 Å². The Hall–Kier alpha value is -0.930. The molecule has 0 saturated heterocycles. The summed E-state index contributed by atoms with van der Waals surface area (Å²) in [6.07, 6.45) is 2.97. The van der Waals surface area contributed by atoms with Crippen molar-refractivity contribution < 1.29 is 5.11 Å². The quantitative estimate of drug-likeness (QED) is 0.719. The van der Waals surface area contributed by atoms with E-state index in [2.05, 4.69) is 4.98 Å². The van der Waals surface area contributed by atoms with Crippen LogP contribution in [0.25, 0.3) is 0 Å². The van der Waals surface area contributed by atoms with Gasteiger partial charge in [-0.25, -0.2) is 0 Å². The molecule has 0 radical (unpaired) electrons. The van der Waals surface area contributed by atoms with Gasteiger partial charge in [-0.3, -0.25) is 4.98 Å². The molecule has 0 aliphatic carbocycles. The fourth-order valence-corrected chi connectivity index (χ4v) is 1.26.